The molecular formula is C10H8F3NO2. The van der Waals surface area contributed by atoms with Gasteiger partial charge in [-0.1, -0.05) is 12.1 Å². The van der Waals surface area contributed by atoms with Crippen LogP contribution in [0.4, 0.5) is 13.2 Å². The second-order valence-electron chi connectivity index (χ2n) is 3.02. The zero-order valence-electron chi connectivity index (χ0n) is 7.95. The maximum Gasteiger partial charge on any atom is 0.416 e. The average molecular weight is 231 g/mol. The molecule has 1 aromatic carbocycles. The molecule has 0 bridgehead atoms. The van der Waals surface area contributed by atoms with E-state index in [0.717, 1.165) is 30.3 Å². The van der Waals surface area contributed by atoms with Crippen molar-refractivity contribution < 1.29 is 23.1 Å². The second-order valence-corrected chi connectivity index (χ2v) is 3.02. The highest BCUT2D eigenvalue weighted by molar-refractivity contribution is 5.90. The summed E-state index contributed by atoms with van der Waals surface area (Å²) in [6.07, 6.45) is -3.32. The van der Waals surface area contributed by atoms with Crippen molar-refractivity contribution >= 4 is 12.0 Å². The standard InChI is InChI=1S/C10H8F3NO2/c11-10(12,13)7-3-1-6(2-4-7)5-8(14)9(15)16/h1-5H,14H2,(H,15,16)/b8-5+. The van der Waals surface area contributed by atoms with Gasteiger partial charge in [0.05, 0.1) is 5.56 Å². The van der Waals surface area contributed by atoms with Gasteiger partial charge in [-0.3, -0.25) is 0 Å². The molecule has 1 rings (SSSR count). The van der Waals surface area contributed by atoms with Crippen molar-refractivity contribution in [3.05, 3.63) is 41.1 Å². The van der Waals surface area contributed by atoms with E-state index in [4.69, 9.17) is 10.8 Å². The molecule has 0 aliphatic carbocycles. The van der Waals surface area contributed by atoms with Crippen LogP contribution in [-0.2, 0) is 11.0 Å². The molecule has 0 aromatic heterocycles. The third-order valence-corrected chi connectivity index (χ3v) is 1.81. The van der Waals surface area contributed by atoms with Crippen molar-refractivity contribution in [3.63, 3.8) is 0 Å². The van der Waals surface area contributed by atoms with E-state index in [1.54, 1.807) is 0 Å². The minimum atomic E-state index is -4.40. The Morgan fingerprint density at radius 2 is 1.75 bits per heavy atom. The zero-order chi connectivity index (χ0) is 12.3. The number of aliphatic carboxylic acids is 1. The Hall–Kier alpha value is -1.98. The molecule has 3 nitrogen and oxygen atoms in total. The van der Waals surface area contributed by atoms with Gasteiger partial charge in [-0.2, -0.15) is 13.2 Å². The molecule has 0 spiro atoms. The van der Waals surface area contributed by atoms with Crippen LogP contribution in [0.2, 0.25) is 0 Å². The number of carboxylic acids is 1. The summed E-state index contributed by atoms with van der Waals surface area (Å²) in [5, 5.41) is 8.45. The predicted molar refractivity (Wildman–Crippen MR) is 51.2 cm³/mol. The highest BCUT2D eigenvalue weighted by Crippen LogP contribution is 2.29. The van der Waals surface area contributed by atoms with Crippen LogP contribution in [-0.4, -0.2) is 11.1 Å². The molecule has 0 fully saturated rings. The molecule has 0 radical (unpaired) electrons. The Labute approximate surface area is 89.0 Å². The Balaban J connectivity index is 2.97. The number of benzene rings is 1. The van der Waals surface area contributed by atoms with Crippen LogP contribution in [0, 0.1) is 0 Å². The molecule has 3 N–H and O–H groups in total. The van der Waals surface area contributed by atoms with E-state index >= 15 is 0 Å². The van der Waals surface area contributed by atoms with E-state index in [1.807, 2.05) is 0 Å². The molecule has 0 unspecified atom stereocenters. The van der Waals surface area contributed by atoms with Crippen molar-refractivity contribution in [2.45, 2.75) is 6.18 Å². The third kappa shape index (κ3) is 3.01. The van der Waals surface area contributed by atoms with Crippen LogP contribution in [0.1, 0.15) is 11.1 Å². The topological polar surface area (TPSA) is 63.3 Å². The predicted octanol–water partition coefficient (Wildman–Crippen LogP) is 2.09. The van der Waals surface area contributed by atoms with Crippen molar-refractivity contribution in [1.82, 2.24) is 0 Å². The van der Waals surface area contributed by atoms with Gasteiger partial charge in [0.25, 0.3) is 0 Å². The number of carbonyl (C=O) groups is 1. The lowest BCUT2D eigenvalue weighted by Gasteiger charge is -2.06. The van der Waals surface area contributed by atoms with Crippen molar-refractivity contribution in [3.8, 4) is 0 Å². The summed E-state index contributed by atoms with van der Waals surface area (Å²) in [5.74, 6) is -1.32. The van der Waals surface area contributed by atoms with E-state index in [2.05, 4.69) is 0 Å². The molecule has 1 aromatic rings. The Morgan fingerprint density at radius 3 is 2.12 bits per heavy atom. The first-order valence-electron chi connectivity index (χ1n) is 4.18. The van der Waals surface area contributed by atoms with Crippen LogP contribution < -0.4 is 5.73 Å². The van der Waals surface area contributed by atoms with Gasteiger partial charge in [-0.25, -0.2) is 4.79 Å². The summed E-state index contributed by atoms with van der Waals surface area (Å²) in [6, 6.07) is 4.03. The number of rotatable bonds is 2. The summed E-state index contributed by atoms with van der Waals surface area (Å²) in [6.45, 7) is 0. The van der Waals surface area contributed by atoms with Crippen LogP contribution >= 0.6 is 0 Å². The molecule has 0 saturated heterocycles. The summed E-state index contributed by atoms with van der Waals surface area (Å²) in [7, 11) is 0. The number of halogens is 3. The van der Waals surface area contributed by atoms with E-state index in [0.29, 0.717) is 5.56 Å². The first-order valence-corrected chi connectivity index (χ1v) is 4.18. The lowest BCUT2D eigenvalue weighted by Crippen LogP contribution is -2.09. The second kappa shape index (κ2) is 4.26. The molecule has 6 heteroatoms. The van der Waals surface area contributed by atoms with Crippen LogP contribution in [0.5, 0.6) is 0 Å². The molecule has 0 aliphatic rings. The Morgan fingerprint density at radius 1 is 1.25 bits per heavy atom. The fourth-order valence-corrected chi connectivity index (χ4v) is 1.01. The summed E-state index contributed by atoms with van der Waals surface area (Å²) >= 11 is 0. The number of hydrogen-bond donors (Lipinski definition) is 2. The van der Waals surface area contributed by atoms with Crippen LogP contribution in [0.3, 0.4) is 0 Å². The largest absolute Gasteiger partial charge is 0.477 e. The first-order chi connectivity index (χ1) is 7.30. The van der Waals surface area contributed by atoms with Gasteiger partial charge in [0.15, 0.2) is 0 Å². The quantitative estimate of drug-likeness (QED) is 0.766. The van der Waals surface area contributed by atoms with E-state index < -0.39 is 23.4 Å². The summed E-state index contributed by atoms with van der Waals surface area (Å²) in [4.78, 5) is 10.4. The SMILES string of the molecule is N/C(=C/c1ccc(C(F)(F)F)cc1)C(=O)O. The fraction of sp³-hybridized carbons (Fsp3) is 0.100. The van der Waals surface area contributed by atoms with Crippen molar-refractivity contribution in [1.29, 1.82) is 0 Å². The van der Waals surface area contributed by atoms with Gasteiger partial charge in [0.2, 0.25) is 0 Å². The molecule has 16 heavy (non-hydrogen) atoms. The van der Waals surface area contributed by atoms with Crippen LogP contribution in [0.15, 0.2) is 30.0 Å². The lowest BCUT2D eigenvalue weighted by atomic mass is 10.1. The number of carboxylic acid groups (broad SMARTS) is 1. The van der Waals surface area contributed by atoms with Gasteiger partial charge < -0.3 is 10.8 Å². The molecule has 0 heterocycles. The van der Waals surface area contributed by atoms with Crippen molar-refractivity contribution in [2.75, 3.05) is 0 Å². The van der Waals surface area contributed by atoms with Gasteiger partial charge in [0, 0.05) is 0 Å². The highest BCUT2D eigenvalue weighted by atomic mass is 19.4. The first kappa shape index (κ1) is 12.1. The smallest absolute Gasteiger partial charge is 0.416 e. The summed E-state index contributed by atoms with van der Waals surface area (Å²) in [5.41, 5.74) is 4.19. The minimum Gasteiger partial charge on any atom is -0.477 e. The van der Waals surface area contributed by atoms with Gasteiger partial charge >= 0.3 is 12.1 Å². The molecular weight excluding hydrogens is 223 g/mol. The lowest BCUT2D eigenvalue weighted by molar-refractivity contribution is -0.137. The van der Waals surface area contributed by atoms with Crippen LogP contribution in [0.25, 0.3) is 6.08 Å². The van der Waals surface area contributed by atoms with Gasteiger partial charge in [-0.05, 0) is 23.8 Å². The van der Waals surface area contributed by atoms with E-state index in [1.165, 1.54) is 0 Å². The zero-order valence-corrected chi connectivity index (χ0v) is 7.95. The van der Waals surface area contributed by atoms with Crippen molar-refractivity contribution in [2.24, 2.45) is 5.73 Å². The molecule has 0 saturated carbocycles. The summed E-state index contributed by atoms with van der Waals surface area (Å²) < 4.78 is 36.5. The normalized spacial score (nSPS) is 12.6. The number of alkyl halides is 3. The maximum absolute atomic E-state index is 12.2. The van der Waals surface area contributed by atoms with Gasteiger partial charge in [-0.15, -0.1) is 0 Å². The highest BCUT2D eigenvalue weighted by Gasteiger charge is 2.29. The Kier molecular flexibility index (Phi) is 3.22. The molecule has 0 atom stereocenters. The number of hydrogen-bond acceptors (Lipinski definition) is 2. The maximum atomic E-state index is 12.2. The molecule has 0 aliphatic heterocycles. The van der Waals surface area contributed by atoms with E-state index in [-0.39, 0.29) is 0 Å². The molecule has 0 amide bonds. The average Bonchev–Trinajstić information content (AvgIpc) is 2.17. The minimum absolute atomic E-state index is 0.299. The van der Waals surface area contributed by atoms with E-state index in [9.17, 15) is 18.0 Å². The number of nitrogens with two attached hydrogens (primary N) is 1. The fourth-order valence-electron chi connectivity index (χ4n) is 1.01. The third-order valence-electron chi connectivity index (χ3n) is 1.81. The molecule has 86 valence electrons. The Bertz CT molecular complexity index is 421. The monoisotopic (exact) mass is 231 g/mol. The van der Waals surface area contributed by atoms with Gasteiger partial charge in [0.1, 0.15) is 5.70 Å².